The highest BCUT2D eigenvalue weighted by atomic mass is 16.2. The number of amides is 1. The molecule has 0 spiro atoms. The lowest BCUT2D eigenvalue weighted by atomic mass is 9.89. The number of carbonyl (C=O) groups excluding carboxylic acids is 1. The van der Waals surface area contributed by atoms with Gasteiger partial charge in [-0.15, -0.1) is 0 Å². The number of aromatic nitrogens is 2. The van der Waals surface area contributed by atoms with Crippen molar-refractivity contribution in [2.45, 2.75) is 39.5 Å². The summed E-state index contributed by atoms with van der Waals surface area (Å²) in [6.45, 7) is 4.08. The summed E-state index contributed by atoms with van der Waals surface area (Å²) in [5.41, 5.74) is 4.91. The van der Waals surface area contributed by atoms with Crippen LogP contribution in [0.15, 0.2) is 11.2 Å². The summed E-state index contributed by atoms with van der Waals surface area (Å²) in [5, 5.41) is 10.8. The highest BCUT2D eigenvalue weighted by Crippen LogP contribution is 2.20. The van der Waals surface area contributed by atoms with Crippen molar-refractivity contribution in [2.24, 2.45) is 11.0 Å². The van der Waals surface area contributed by atoms with Crippen molar-refractivity contribution in [1.29, 1.82) is 0 Å². The van der Waals surface area contributed by atoms with Gasteiger partial charge in [-0.3, -0.25) is 9.89 Å². The average molecular weight is 234 g/mol. The van der Waals surface area contributed by atoms with Crippen molar-refractivity contribution in [3.63, 3.8) is 0 Å². The fraction of sp³-hybridized carbons (Fsp3) is 0.583. The summed E-state index contributed by atoms with van der Waals surface area (Å²) in [7, 11) is 0. The van der Waals surface area contributed by atoms with E-state index >= 15 is 0 Å². The first-order valence-corrected chi connectivity index (χ1v) is 6.03. The van der Waals surface area contributed by atoms with Gasteiger partial charge in [0.2, 0.25) is 0 Å². The van der Waals surface area contributed by atoms with Crippen LogP contribution in [0.1, 0.15) is 48.8 Å². The molecule has 92 valence electrons. The number of nitrogens with one attached hydrogen (secondary N) is 2. The number of hydrogen-bond acceptors (Lipinski definition) is 3. The van der Waals surface area contributed by atoms with Crippen LogP contribution in [-0.4, -0.2) is 21.8 Å². The van der Waals surface area contributed by atoms with Crippen LogP contribution >= 0.6 is 0 Å². The van der Waals surface area contributed by atoms with Gasteiger partial charge in [0.05, 0.1) is 0 Å². The van der Waals surface area contributed by atoms with E-state index in [1.807, 2.05) is 6.92 Å². The van der Waals surface area contributed by atoms with Gasteiger partial charge in [-0.1, -0.05) is 6.92 Å². The van der Waals surface area contributed by atoms with Gasteiger partial charge in [-0.2, -0.15) is 10.2 Å². The Labute approximate surface area is 101 Å². The van der Waals surface area contributed by atoms with E-state index in [9.17, 15) is 4.79 Å². The molecule has 17 heavy (non-hydrogen) atoms. The monoisotopic (exact) mass is 234 g/mol. The summed E-state index contributed by atoms with van der Waals surface area (Å²) in [4.78, 5) is 11.7. The van der Waals surface area contributed by atoms with E-state index in [-0.39, 0.29) is 5.91 Å². The number of carbonyl (C=O) groups is 1. The van der Waals surface area contributed by atoms with Gasteiger partial charge < -0.3 is 0 Å². The Morgan fingerprint density at radius 1 is 1.65 bits per heavy atom. The number of H-pyrrole nitrogens is 1. The Bertz CT molecular complexity index is 435. The predicted molar refractivity (Wildman–Crippen MR) is 65.9 cm³/mol. The fourth-order valence-electron chi connectivity index (χ4n) is 2.08. The topological polar surface area (TPSA) is 70.1 Å². The van der Waals surface area contributed by atoms with Crippen molar-refractivity contribution in [3.8, 4) is 0 Å². The van der Waals surface area contributed by atoms with Gasteiger partial charge in [-0.05, 0) is 44.6 Å². The molecule has 1 aliphatic rings. The van der Waals surface area contributed by atoms with Crippen molar-refractivity contribution in [3.05, 3.63) is 17.5 Å². The van der Waals surface area contributed by atoms with E-state index in [1.54, 1.807) is 6.07 Å². The second-order valence-corrected chi connectivity index (χ2v) is 4.76. The molecule has 0 unspecified atom stereocenters. The number of aryl methyl sites for hydroxylation is 1. The minimum atomic E-state index is -0.250. The molecule has 5 nitrogen and oxygen atoms in total. The summed E-state index contributed by atoms with van der Waals surface area (Å²) >= 11 is 0. The molecule has 0 aromatic carbocycles. The van der Waals surface area contributed by atoms with Gasteiger partial charge in [0.25, 0.3) is 5.91 Å². The molecule has 1 aromatic heterocycles. The third-order valence-electron chi connectivity index (χ3n) is 3.00. The van der Waals surface area contributed by atoms with Gasteiger partial charge in [0, 0.05) is 11.4 Å². The van der Waals surface area contributed by atoms with E-state index < -0.39 is 0 Å². The molecule has 0 radical (unpaired) electrons. The number of hydrogen-bond donors (Lipinski definition) is 2. The summed E-state index contributed by atoms with van der Waals surface area (Å²) in [6.07, 6.45) is 4.40. The first kappa shape index (κ1) is 11.8. The van der Waals surface area contributed by atoms with Gasteiger partial charge in [0.15, 0.2) is 5.69 Å². The molecule has 0 bridgehead atoms. The van der Waals surface area contributed by atoms with E-state index in [0.29, 0.717) is 11.6 Å². The standard InChI is InChI=1S/C12H18N4O/c1-8-4-3-5-10(6-8)14-16-12(17)11-7-9(2)13-15-11/h7-8H,3-6H2,1-2H3,(H,13,15)(H,16,17)/b14-10-/t8-/m1/s1. The predicted octanol–water partition coefficient (Wildman–Crippen LogP) is 2.01. The summed E-state index contributed by atoms with van der Waals surface area (Å²) in [5.74, 6) is 0.423. The normalized spacial score (nSPS) is 22.7. The molecule has 2 N–H and O–H groups in total. The third-order valence-corrected chi connectivity index (χ3v) is 3.00. The molecule has 1 atom stereocenters. The lowest BCUT2D eigenvalue weighted by Crippen LogP contribution is -2.22. The first-order chi connectivity index (χ1) is 8.15. The van der Waals surface area contributed by atoms with Crippen molar-refractivity contribution in [1.82, 2.24) is 15.6 Å². The van der Waals surface area contributed by atoms with Crippen LogP contribution in [0.5, 0.6) is 0 Å². The molecule has 1 amide bonds. The Kier molecular flexibility index (Phi) is 3.56. The molecule has 1 heterocycles. The van der Waals surface area contributed by atoms with Crippen LogP contribution in [0, 0.1) is 12.8 Å². The number of hydrazone groups is 1. The molecular formula is C12H18N4O. The molecule has 0 saturated heterocycles. The van der Waals surface area contributed by atoms with E-state index in [0.717, 1.165) is 30.7 Å². The molecule has 0 aliphatic heterocycles. The van der Waals surface area contributed by atoms with Crippen LogP contribution in [0.25, 0.3) is 0 Å². The van der Waals surface area contributed by atoms with Crippen molar-refractivity contribution < 1.29 is 4.79 Å². The minimum absolute atomic E-state index is 0.250. The summed E-state index contributed by atoms with van der Waals surface area (Å²) < 4.78 is 0. The van der Waals surface area contributed by atoms with Crippen molar-refractivity contribution in [2.75, 3.05) is 0 Å². The van der Waals surface area contributed by atoms with E-state index in [2.05, 4.69) is 27.6 Å². The first-order valence-electron chi connectivity index (χ1n) is 6.03. The van der Waals surface area contributed by atoms with Crippen LogP contribution in [0.3, 0.4) is 0 Å². The second kappa shape index (κ2) is 5.12. The van der Waals surface area contributed by atoms with Gasteiger partial charge in [-0.25, -0.2) is 5.43 Å². The van der Waals surface area contributed by atoms with Crippen LogP contribution in [0.4, 0.5) is 0 Å². The largest absolute Gasteiger partial charge is 0.291 e. The Hall–Kier alpha value is -1.65. The lowest BCUT2D eigenvalue weighted by molar-refractivity contribution is 0.0949. The average Bonchev–Trinajstić information content (AvgIpc) is 2.73. The number of aromatic amines is 1. The zero-order valence-electron chi connectivity index (χ0n) is 10.3. The molecule has 1 fully saturated rings. The lowest BCUT2D eigenvalue weighted by Gasteiger charge is -2.18. The Morgan fingerprint density at radius 2 is 2.47 bits per heavy atom. The zero-order valence-corrected chi connectivity index (χ0v) is 10.3. The van der Waals surface area contributed by atoms with E-state index in [4.69, 9.17) is 0 Å². The van der Waals surface area contributed by atoms with Gasteiger partial charge in [0.1, 0.15) is 0 Å². The van der Waals surface area contributed by atoms with Crippen LogP contribution in [-0.2, 0) is 0 Å². The smallest absolute Gasteiger partial charge is 0.282 e. The Morgan fingerprint density at radius 3 is 3.12 bits per heavy atom. The third kappa shape index (κ3) is 3.15. The quantitative estimate of drug-likeness (QED) is 0.768. The maximum Gasteiger partial charge on any atom is 0.291 e. The molecule has 1 aromatic rings. The number of rotatable bonds is 2. The summed E-state index contributed by atoms with van der Waals surface area (Å²) in [6, 6.07) is 1.71. The van der Waals surface area contributed by atoms with Crippen molar-refractivity contribution >= 4 is 11.6 Å². The molecule has 1 saturated carbocycles. The highest BCUT2D eigenvalue weighted by Gasteiger charge is 2.15. The molecular weight excluding hydrogens is 216 g/mol. The van der Waals surface area contributed by atoms with Gasteiger partial charge >= 0.3 is 0 Å². The maximum atomic E-state index is 11.7. The zero-order chi connectivity index (χ0) is 12.3. The Balaban J connectivity index is 1.93. The second-order valence-electron chi connectivity index (χ2n) is 4.76. The van der Waals surface area contributed by atoms with Crippen LogP contribution < -0.4 is 5.43 Å². The number of nitrogens with zero attached hydrogens (tertiary/aromatic N) is 2. The fourth-order valence-corrected chi connectivity index (χ4v) is 2.08. The highest BCUT2D eigenvalue weighted by molar-refractivity contribution is 5.94. The van der Waals surface area contributed by atoms with E-state index in [1.165, 1.54) is 6.42 Å². The molecule has 1 aliphatic carbocycles. The molecule has 5 heteroatoms. The minimum Gasteiger partial charge on any atom is -0.282 e. The van der Waals surface area contributed by atoms with Crippen LogP contribution in [0.2, 0.25) is 0 Å². The maximum absolute atomic E-state index is 11.7. The SMILES string of the molecule is Cc1cc(C(=O)N/N=C2/CCC[C@@H](C)C2)n[nH]1. The molecule has 2 rings (SSSR count).